The van der Waals surface area contributed by atoms with Crippen LogP contribution < -0.4 is 10.5 Å². The van der Waals surface area contributed by atoms with Gasteiger partial charge in [-0.3, -0.25) is 15.2 Å². The number of hydrogen-bond donors (Lipinski definition) is 3. The maximum atomic E-state index is 12.0. The normalized spacial score (nSPS) is 10.6. The number of nitrogens with zero attached hydrogens (tertiary/aromatic N) is 5. The maximum Gasteiger partial charge on any atom is 0.295 e. The molecule has 0 aliphatic carbocycles. The molecule has 2 aromatic heterocycles. The molecule has 0 radical (unpaired) electrons. The highest BCUT2D eigenvalue weighted by atomic mass is 35.5. The predicted octanol–water partition coefficient (Wildman–Crippen LogP) is 2.28. The van der Waals surface area contributed by atoms with Crippen molar-refractivity contribution in [3.05, 3.63) is 41.0 Å². The summed E-state index contributed by atoms with van der Waals surface area (Å²) in [6.45, 7) is -0.142. The number of carbonyl (C=O) groups is 1. The van der Waals surface area contributed by atoms with E-state index in [1.54, 1.807) is 12.1 Å². The van der Waals surface area contributed by atoms with Crippen LogP contribution in [0.1, 0.15) is 0 Å². The van der Waals surface area contributed by atoms with Crippen LogP contribution in [0.15, 0.2) is 36.0 Å². The molecular weight excluding hydrogens is 356 g/mol. The third kappa shape index (κ3) is 3.86. The molecule has 9 nitrogen and oxygen atoms in total. The van der Waals surface area contributed by atoms with Crippen molar-refractivity contribution in [1.29, 1.82) is 0 Å². The molecule has 0 aliphatic rings. The van der Waals surface area contributed by atoms with E-state index in [2.05, 4.69) is 20.4 Å². The molecule has 3 N–H and O–H groups in total. The molecule has 0 spiro atoms. The Bertz CT molecular complexity index is 848. The van der Waals surface area contributed by atoms with Crippen LogP contribution in [-0.2, 0) is 11.3 Å². The molecule has 0 aliphatic heterocycles. The number of carbonyl (C=O) groups excluding carboxylic acids is 1. The van der Waals surface area contributed by atoms with Crippen LogP contribution >= 0.6 is 22.9 Å². The minimum absolute atomic E-state index is 0.142. The standard InChI is InChI=1S/C13H11ClN6O3S/c14-9-3-1-8(2-4-9)10-6-24-13(16-10)17-11(21)5-19-7-15-12(18-19)20(22)23/h1-4,6-7,22-23H,5H2,(H,16,17,21). The zero-order chi connectivity index (χ0) is 17.1. The van der Waals surface area contributed by atoms with E-state index in [0.29, 0.717) is 10.2 Å². The summed E-state index contributed by atoms with van der Waals surface area (Å²) in [5.74, 6) is -0.701. The van der Waals surface area contributed by atoms with Gasteiger partial charge >= 0.3 is 0 Å². The van der Waals surface area contributed by atoms with Crippen LogP contribution in [0.5, 0.6) is 0 Å². The molecule has 24 heavy (non-hydrogen) atoms. The number of benzene rings is 1. The van der Waals surface area contributed by atoms with E-state index < -0.39 is 0 Å². The van der Waals surface area contributed by atoms with Crippen molar-refractivity contribution in [3.8, 4) is 11.3 Å². The van der Waals surface area contributed by atoms with Gasteiger partial charge in [0.15, 0.2) is 5.13 Å². The molecule has 1 aromatic carbocycles. The van der Waals surface area contributed by atoms with Crippen LogP contribution in [-0.4, -0.2) is 36.1 Å². The number of aromatic nitrogens is 4. The topological polar surface area (TPSA) is 116 Å². The number of amides is 1. The molecule has 0 fully saturated rings. The molecule has 11 heteroatoms. The summed E-state index contributed by atoms with van der Waals surface area (Å²) in [5, 5.41) is 26.5. The van der Waals surface area contributed by atoms with Gasteiger partial charge in [0.05, 0.1) is 5.69 Å². The quantitative estimate of drug-likeness (QED) is 0.593. The van der Waals surface area contributed by atoms with Crippen molar-refractivity contribution in [1.82, 2.24) is 19.7 Å². The molecule has 0 bridgehead atoms. The van der Waals surface area contributed by atoms with E-state index in [0.717, 1.165) is 15.9 Å². The first-order chi connectivity index (χ1) is 11.5. The SMILES string of the molecule is O=C(Cn1cnc(N(O)O)n1)Nc1nc(-c2ccc(Cl)cc2)cs1. The highest BCUT2D eigenvalue weighted by Crippen LogP contribution is 2.25. The maximum absolute atomic E-state index is 12.0. The Morgan fingerprint density at radius 1 is 1.33 bits per heavy atom. The predicted molar refractivity (Wildman–Crippen MR) is 87.3 cm³/mol. The number of halogens is 1. The molecule has 1 amide bonds. The van der Waals surface area contributed by atoms with Crippen LogP contribution in [0.4, 0.5) is 11.1 Å². The monoisotopic (exact) mass is 366 g/mol. The summed E-state index contributed by atoms with van der Waals surface area (Å²) in [4.78, 5) is 19.9. The van der Waals surface area contributed by atoms with Gasteiger partial charge in [0.1, 0.15) is 12.9 Å². The van der Waals surface area contributed by atoms with Crippen LogP contribution in [0, 0.1) is 0 Å². The van der Waals surface area contributed by atoms with Gasteiger partial charge < -0.3 is 5.32 Å². The van der Waals surface area contributed by atoms with Crippen molar-refractivity contribution in [2.45, 2.75) is 6.54 Å². The van der Waals surface area contributed by atoms with E-state index >= 15 is 0 Å². The van der Waals surface area contributed by atoms with Gasteiger partial charge in [-0.05, 0) is 12.1 Å². The lowest BCUT2D eigenvalue weighted by Crippen LogP contribution is -2.19. The van der Waals surface area contributed by atoms with Crippen LogP contribution in [0.25, 0.3) is 11.3 Å². The Morgan fingerprint density at radius 2 is 2.08 bits per heavy atom. The zero-order valence-corrected chi connectivity index (χ0v) is 13.6. The molecule has 0 unspecified atom stereocenters. The second-order valence-corrected chi connectivity index (χ2v) is 5.92. The van der Waals surface area contributed by atoms with Crippen molar-refractivity contribution < 1.29 is 15.2 Å². The van der Waals surface area contributed by atoms with E-state index in [9.17, 15) is 4.79 Å². The third-order valence-corrected chi connectivity index (χ3v) is 3.91. The Hall–Kier alpha value is -2.53. The first kappa shape index (κ1) is 16.3. The lowest BCUT2D eigenvalue weighted by atomic mass is 10.2. The van der Waals surface area contributed by atoms with Gasteiger partial charge in [-0.2, -0.15) is 4.98 Å². The minimum Gasteiger partial charge on any atom is -0.300 e. The number of nitrogens with one attached hydrogen (secondary N) is 1. The summed E-state index contributed by atoms with van der Waals surface area (Å²) in [6, 6.07) is 7.22. The van der Waals surface area contributed by atoms with E-state index in [-0.39, 0.29) is 23.6 Å². The van der Waals surface area contributed by atoms with Gasteiger partial charge in [-0.1, -0.05) is 29.0 Å². The number of thiazole rings is 1. The van der Waals surface area contributed by atoms with Crippen LogP contribution in [0.3, 0.4) is 0 Å². The van der Waals surface area contributed by atoms with Gasteiger partial charge in [-0.25, -0.2) is 9.67 Å². The first-order valence-electron chi connectivity index (χ1n) is 6.60. The fraction of sp³-hybridized carbons (Fsp3) is 0.0769. The average molecular weight is 367 g/mol. The molecule has 0 atom stereocenters. The average Bonchev–Trinajstić information content (AvgIpc) is 3.17. The highest BCUT2D eigenvalue weighted by molar-refractivity contribution is 7.14. The van der Waals surface area contributed by atoms with Crippen molar-refractivity contribution in [2.75, 3.05) is 10.5 Å². The second kappa shape index (κ2) is 6.93. The van der Waals surface area contributed by atoms with Gasteiger partial charge in [0, 0.05) is 16.0 Å². The van der Waals surface area contributed by atoms with Gasteiger partial charge in [-0.15, -0.1) is 16.4 Å². The van der Waals surface area contributed by atoms with Crippen molar-refractivity contribution in [2.24, 2.45) is 0 Å². The molecule has 3 rings (SSSR count). The van der Waals surface area contributed by atoms with Crippen molar-refractivity contribution in [3.63, 3.8) is 0 Å². The van der Waals surface area contributed by atoms with E-state index in [1.807, 2.05) is 17.5 Å². The summed E-state index contributed by atoms with van der Waals surface area (Å²) >= 11 is 7.14. The summed E-state index contributed by atoms with van der Waals surface area (Å²) in [5.41, 5.74) is 1.62. The highest BCUT2D eigenvalue weighted by Gasteiger charge is 2.11. The van der Waals surface area contributed by atoms with E-state index in [4.69, 9.17) is 22.0 Å². The van der Waals surface area contributed by atoms with Gasteiger partial charge in [0.2, 0.25) is 5.91 Å². The smallest absolute Gasteiger partial charge is 0.295 e. The van der Waals surface area contributed by atoms with Crippen LogP contribution in [0.2, 0.25) is 5.02 Å². The molecule has 124 valence electrons. The number of hydrogen-bond acceptors (Lipinski definition) is 8. The molecule has 0 saturated carbocycles. The Labute approximate surface area is 144 Å². The first-order valence-corrected chi connectivity index (χ1v) is 7.85. The summed E-state index contributed by atoms with van der Waals surface area (Å²) in [6.07, 6.45) is 1.20. The third-order valence-electron chi connectivity index (χ3n) is 2.90. The molecule has 0 saturated heterocycles. The number of anilines is 2. The minimum atomic E-state index is -0.370. The van der Waals surface area contributed by atoms with Crippen molar-refractivity contribution >= 4 is 39.9 Å². The molecular formula is C13H11ClN6O3S. The Morgan fingerprint density at radius 3 is 2.75 bits per heavy atom. The summed E-state index contributed by atoms with van der Waals surface area (Å²) in [7, 11) is 0. The molecule has 3 aromatic rings. The zero-order valence-electron chi connectivity index (χ0n) is 12.0. The van der Waals surface area contributed by atoms with E-state index in [1.165, 1.54) is 17.7 Å². The Kier molecular flexibility index (Phi) is 4.71. The lowest BCUT2D eigenvalue weighted by Gasteiger charge is -2.02. The lowest BCUT2D eigenvalue weighted by molar-refractivity contribution is -0.116. The summed E-state index contributed by atoms with van der Waals surface area (Å²) < 4.78 is 1.16. The largest absolute Gasteiger partial charge is 0.300 e. The Balaban J connectivity index is 1.63. The van der Waals surface area contributed by atoms with Gasteiger partial charge in [0.25, 0.3) is 5.95 Å². The fourth-order valence-corrected chi connectivity index (χ4v) is 2.70. The molecule has 2 heterocycles. The number of rotatable bonds is 5. The fourth-order valence-electron chi connectivity index (χ4n) is 1.84. The second-order valence-electron chi connectivity index (χ2n) is 4.62.